The predicted octanol–water partition coefficient (Wildman–Crippen LogP) is 4.00. The van der Waals surface area contributed by atoms with Gasteiger partial charge in [-0.1, -0.05) is 12.1 Å². The zero-order valence-corrected chi connectivity index (χ0v) is 11.2. The first kappa shape index (κ1) is 11.7. The van der Waals surface area contributed by atoms with E-state index in [-0.39, 0.29) is 0 Å². The molecule has 0 radical (unpaired) electrons. The molecule has 1 aromatic carbocycles. The van der Waals surface area contributed by atoms with Crippen molar-refractivity contribution >= 4 is 34.0 Å². The molecule has 0 atom stereocenters. The lowest BCUT2D eigenvalue weighted by atomic mass is 10.2. The lowest BCUT2D eigenvalue weighted by molar-refractivity contribution is 1.27. The van der Waals surface area contributed by atoms with E-state index in [9.17, 15) is 5.26 Å². The second-order valence-electron chi connectivity index (χ2n) is 4.24. The van der Waals surface area contributed by atoms with Gasteiger partial charge in [-0.3, -0.25) is 0 Å². The summed E-state index contributed by atoms with van der Waals surface area (Å²) in [6.07, 6.45) is 1.89. The maximum Gasteiger partial charge on any atom is 0.149 e. The van der Waals surface area contributed by atoms with Crippen molar-refractivity contribution in [3.05, 3.63) is 52.0 Å². The van der Waals surface area contributed by atoms with Crippen LogP contribution in [0.25, 0.3) is 22.7 Å². The van der Waals surface area contributed by atoms with E-state index < -0.39 is 0 Å². The van der Waals surface area contributed by atoms with Gasteiger partial charge in [0.05, 0.1) is 16.6 Å². The van der Waals surface area contributed by atoms with Crippen LogP contribution in [-0.2, 0) is 0 Å². The number of hydrogen-bond donors (Lipinski definition) is 1. The summed E-state index contributed by atoms with van der Waals surface area (Å²) in [5.41, 5.74) is 3.55. The van der Waals surface area contributed by atoms with E-state index in [2.05, 4.69) is 16.0 Å². The van der Waals surface area contributed by atoms with Gasteiger partial charge in [0.15, 0.2) is 0 Å². The third-order valence-electron chi connectivity index (χ3n) is 2.94. The average molecular weight is 265 g/mol. The number of aromatic amines is 1. The highest BCUT2D eigenvalue weighted by atomic mass is 32.1. The standard InChI is InChI=1S/C15H11N3S/c1-10-6-7-19-14(10)8-11(9-16)15-17-12-4-2-3-5-13(12)18-15/h2-8H,1H3,(H,17,18)/b11-8+. The van der Waals surface area contributed by atoms with Crippen LogP contribution in [0.5, 0.6) is 0 Å². The van der Waals surface area contributed by atoms with Gasteiger partial charge in [-0.2, -0.15) is 5.26 Å². The number of nitrogens with one attached hydrogen (secondary N) is 1. The Morgan fingerprint density at radius 3 is 2.89 bits per heavy atom. The van der Waals surface area contributed by atoms with E-state index >= 15 is 0 Å². The number of benzene rings is 1. The summed E-state index contributed by atoms with van der Waals surface area (Å²) in [6.45, 7) is 2.04. The first-order valence-electron chi connectivity index (χ1n) is 5.89. The number of fused-ring (bicyclic) bond motifs is 1. The number of hydrogen-bond acceptors (Lipinski definition) is 3. The largest absolute Gasteiger partial charge is 0.337 e. The van der Waals surface area contributed by atoms with Crippen LogP contribution in [0.15, 0.2) is 35.7 Å². The Bertz CT molecular complexity index is 769. The molecule has 3 aromatic rings. The molecule has 0 saturated carbocycles. The van der Waals surface area contributed by atoms with E-state index in [4.69, 9.17) is 0 Å². The van der Waals surface area contributed by atoms with E-state index in [1.165, 1.54) is 5.56 Å². The molecule has 0 aliphatic carbocycles. The Labute approximate surface area is 114 Å². The third-order valence-corrected chi connectivity index (χ3v) is 3.91. The van der Waals surface area contributed by atoms with Gasteiger partial charge >= 0.3 is 0 Å². The SMILES string of the molecule is Cc1ccsc1/C=C(\C#N)c1nc2ccccc2[nH]1. The fourth-order valence-corrected chi connectivity index (χ4v) is 2.76. The number of imidazole rings is 1. The molecule has 0 fully saturated rings. The number of H-pyrrole nitrogens is 1. The molecule has 0 unspecified atom stereocenters. The highest BCUT2D eigenvalue weighted by Gasteiger charge is 2.08. The van der Waals surface area contributed by atoms with Crippen molar-refractivity contribution < 1.29 is 0 Å². The fraction of sp³-hybridized carbons (Fsp3) is 0.0667. The van der Waals surface area contributed by atoms with Crippen LogP contribution < -0.4 is 0 Å². The van der Waals surface area contributed by atoms with Crippen LogP contribution >= 0.6 is 11.3 Å². The molecule has 19 heavy (non-hydrogen) atoms. The van der Waals surface area contributed by atoms with Gasteiger partial charge in [-0.15, -0.1) is 11.3 Å². The minimum absolute atomic E-state index is 0.557. The molecule has 0 aliphatic rings. The normalized spacial score (nSPS) is 11.7. The van der Waals surface area contributed by atoms with Gasteiger partial charge in [0.1, 0.15) is 11.9 Å². The van der Waals surface area contributed by atoms with E-state index in [1.54, 1.807) is 11.3 Å². The number of nitriles is 1. The molecule has 1 N–H and O–H groups in total. The van der Waals surface area contributed by atoms with Crippen LogP contribution in [-0.4, -0.2) is 9.97 Å². The van der Waals surface area contributed by atoms with Gasteiger partial charge in [-0.25, -0.2) is 4.98 Å². The monoisotopic (exact) mass is 265 g/mol. The lowest BCUT2D eigenvalue weighted by Crippen LogP contribution is -1.84. The summed E-state index contributed by atoms with van der Waals surface area (Å²) in [5.74, 6) is 0.622. The first-order valence-corrected chi connectivity index (χ1v) is 6.77. The van der Waals surface area contributed by atoms with Crippen molar-refractivity contribution in [1.82, 2.24) is 9.97 Å². The fourth-order valence-electron chi connectivity index (χ4n) is 1.90. The molecular weight excluding hydrogens is 254 g/mol. The van der Waals surface area contributed by atoms with Gasteiger partial charge in [0.2, 0.25) is 0 Å². The van der Waals surface area contributed by atoms with Crippen LogP contribution in [0.3, 0.4) is 0 Å². The summed E-state index contributed by atoms with van der Waals surface area (Å²) < 4.78 is 0. The number of para-hydroxylation sites is 2. The zero-order valence-electron chi connectivity index (χ0n) is 10.3. The first-order chi connectivity index (χ1) is 9.28. The summed E-state index contributed by atoms with van der Waals surface area (Å²) in [7, 11) is 0. The Kier molecular flexibility index (Phi) is 2.90. The average Bonchev–Trinajstić information content (AvgIpc) is 3.02. The molecule has 0 amide bonds. The Morgan fingerprint density at radius 2 is 2.21 bits per heavy atom. The Balaban J connectivity index is 2.10. The lowest BCUT2D eigenvalue weighted by Gasteiger charge is -1.93. The van der Waals surface area contributed by atoms with E-state index in [0.717, 1.165) is 15.9 Å². The van der Waals surface area contributed by atoms with Crippen LogP contribution in [0.1, 0.15) is 16.3 Å². The highest BCUT2D eigenvalue weighted by Crippen LogP contribution is 2.23. The van der Waals surface area contributed by atoms with Crippen molar-refractivity contribution in [3.8, 4) is 6.07 Å². The second-order valence-corrected chi connectivity index (χ2v) is 5.19. The number of allylic oxidation sites excluding steroid dienone is 1. The molecule has 0 aliphatic heterocycles. The van der Waals surface area contributed by atoms with Crippen molar-refractivity contribution in [2.24, 2.45) is 0 Å². The van der Waals surface area contributed by atoms with Gasteiger partial charge in [-0.05, 0) is 42.1 Å². The van der Waals surface area contributed by atoms with Crippen LogP contribution in [0.2, 0.25) is 0 Å². The molecule has 4 heteroatoms. The number of aromatic nitrogens is 2. The maximum absolute atomic E-state index is 9.32. The number of aryl methyl sites for hydroxylation is 1. The number of nitrogens with zero attached hydrogens (tertiary/aromatic N) is 2. The molecule has 0 spiro atoms. The minimum Gasteiger partial charge on any atom is -0.337 e. The van der Waals surface area contributed by atoms with Crippen molar-refractivity contribution in [3.63, 3.8) is 0 Å². The quantitative estimate of drug-likeness (QED) is 0.712. The van der Waals surface area contributed by atoms with Gasteiger partial charge in [0, 0.05) is 4.88 Å². The summed E-state index contributed by atoms with van der Waals surface area (Å²) in [5, 5.41) is 11.3. The minimum atomic E-state index is 0.557. The van der Waals surface area contributed by atoms with Crippen molar-refractivity contribution in [2.75, 3.05) is 0 Å². The van der Waals surface area contributed by atoms with Gasteiger partial charge in [0.25, 0.3) is 0 Å². The van der Waals surface area contributed by atoms with Crippen molar-refractivity contribution in [1.29, 1.82) is 5.26 Å². The smallest absolute Gasteiger partial charge is 0.149 e. The molecule has 3 rings (SSSR count). The van der Waals surface area contributed by atoms with Crippen LogP contribution in [0, 0.1) is 18.3 Å². The van der Waals surface area contributed by atoms with Gasteiger partial charge < -0.3 is 4.98 Å². The number of rotatable bonds is 2. The zero-order chi connectivity index (χ0) is 13.2. The topological polar surface area (TPSA) is 52.5 Å². The Hall–Kier alpha value is -2.38. The molecule has 92 valence electrons. The second kappa shape index (κ2) is 4.71. The number of thiophene rings is 1. The summed E-state index contributed by atoms with van der Waals surface area (Å²) >= 11 is 1.63. The molecule has 3 nitrogen and oxygen atoms in total. The maximum atomic E-state index is 9.32. The molecule has 0 saturated heterocycles. The Morgan fingerprint density at radius 1 is 1.37 bits per heavy atom. The van der Waals surface area contributed by atoms with E-state index in [1.807, 2.05) is 48.7 Å². The molecular formula is C15H11N3S. The molecule has 2 aromatic heterocycles. The molecule has 2 heterocycles. The summed E-state index contributed by atoms with van der Waals surface area (Å²) in [4.78, 5) is 8.73. The third kappa shape index (κ3) is 2.16. The van der Waals surface area contributed by atoms with Crippen LogP contribution in [0.4, 0.5) is 0 Å². The predicted molar refractivity (Wildman–Crippen MR) is 78.6 cm³/mol. The van der Waals surface area contributed by atoms with E-state index in [0.29, 0.717) is 11.4 Å². The molecule has 0 bridgehead atoms. The summed E-state index contributed by atoms with van der Waals surface area (Å²) in [6, 6.07) is 12.0. The highest BCUT2D eigenvalue weighted by molar-refractivity contribution is 7.11. The van der Waals surface area contributed by atoms with Crippen molar-refractivity contribution in [2.45, 2.75) is 6.92 Å².